The lowest BCUT2D eigenvalue weighted by Crippen LogP contribution is -1.98. The first-order valence-corrected chi connectivity index (χ1v) is 7.08. The van der Waals surface area contributed by atoms with E-state index in [0.29, 0.717) is 0 Å². The van der Waals surface area contributed by atoms with Gasteiger partial charge in [-0.05, 0) is 11.5 Å². The second kappa shape index (κ2) is 5.49. The topological polar surface area (TPSA) is 57.5 Å². The molecule has 0 aromatic heterocycles. The van der Waals surface area contributed by atoms with Gasteiger partial charge in [-0.1, -0.05) is 13.8 Å². The first-order valence-electron chi connectivity index (χ1n) is 3.30. The maximum atomic E-state index is 10.8. The van der Waals surface area contributed by atoms with Crippen molar-refractivity contribution in [2.24, 2.45) is 0 Å². The summed E-state index contributed by atoms with van der Waals surface area (Å²) < 4.78 is 10.2. The van der Waals surface area contributed by atoms with Crippen molar-refractivity contribution in [3.05, 3.63) is 0 Å². The first kappa shape index (κ1) is 11.8. The minimum Gasteiger partial charge on any atom is -0.323 e. The average molecular weight is 216 g/mol. The Morgan fingerprint density at radius 2 is 1.64 bits per heavy atom. The van der Waals surface area contributed by atoms with E-state index in [1.165, 1.54) is 23.5 Å². The van der Waals surface area contributed by atoms with E-state index in [1.54, 1.807) is 0 Å². The van der Waals surface area contributed by atoms with Crippen LogP contribution in [0.25, 0.3) is 0 Å². The molecule has 0 aliphatic heterocycles. The van der Waals surface area contributed by atoms with Crippen molar-refractivity contribution in [2.45, 2.75) is 18.2 Å². The van der Waals surface area contributed by atoms with Crippen molar-refractivity contribution in [3.8, 4) is 0 Å². The molecule has 0 atom stereocenters. The van der Waals surface area contributed by atoms with Crippen LogP contribution in [0.2, 0.25) is 0 Å². The van der Waals surface area contributed by atoms with Gasteiger partial charge in [-0.2, -0.15) is 0 Å². The number of hydrogen-bond donors (Lipinski definition) is 2. The summed E-state index contributed by atoms with van der Waals surface area (Å²) in [6.45, 7) is 3.78. The lowest BCUT2D eigenvalue weighted by atomic mass is 11.0. The van der Waals surface area contributed by atoms with Crippen LogP contribution >= 0.6 is 31.1 Å². The molecule has 0 rings (SSSR count). The smallest absolute Gasteiger partial charge is 0.323 e. The highest BCUT2D eigenvalue weighted by Crippen LogP contribution is 2.52. The SMILES string of the molecule is CCSC(SCC)P(=O)(O)O. The summed E-state index contributed by atoms with van der Waals surface area (Å²) in [6.07, 6.45) is 0. The molecule has 0 aromatic rings. The molecule has 0 unspecified atom stereocenters. The van der Waals surface area contributed by atoms with E-state index in [2.05, 4.69) is 0 Å². The molecule has 0 aromatic carbocycles. The van der Waals surface area contributed by atoms with Gasteiger partial charge in [-0.3, -0.25) is 4.57 Å². The molecule has 0 bridgehead atoms. The Balaban J connectivity index is 3.99. The van der Waals surface area contributed by atoms with Crippen LogP contribution in [0.4, 0.5) is 0 Å². The van der Waals surface area contributed by atoms with Crippen LogP contribution in [0.15, 0.2) is 0 Å². The van der Waals surface area contributed by atoms with E-state index >= 15 is 0 Å². The fourth-order valence-electron chi connectivity index (χ4n) is 0.527. The van der Waals surface area contributed by atoms with Crippen LogP contribution in [0, 0.1) is 0 Å². The van der Waals surface area contributed by atoms with Gasteiger partial charge < -0.3 is 9.79 Å². The Bertz CT molecular complexity index is 141. The third kappa shape index (κ3) is 5.15. The lowest BCUT2D eigenvalue weighted by molar-refractivity contribution is 0.377. The van der Waals surface area contributed by atoms with E-state index in [4.69, 9.17) is 9.79 Å². The Labute approximate surface area is 75.5 Å². The molecular formula is C5H13O3PS2. The minimum absolute atomic E-state index is 0.572. The standard InChI is InChI=1S/C5H13O3PS2/c1-3-10-5(11-4-2)9(6,7)8/h5H,3-4H2,1-2H3,(H2,6,7,8). The highest BCUT2D eigenvalue weighted by molar-refractivity contribution is 8.23. The molecule has 0 aliphatic carbocycles. The van der Waals surface area contributed by atoms with Crippen LogP contribution in [0.5, 0.6) is 0 Å². The Kier molecular flexibility index (Phi) is 5.91. The second-order valence-corrected chi connectivity index (χ2v) is 7.26. The maximum absolute atomic E-state index is 10.8. The van der Waals surface area contributed by atoms with Gasteiger partial charge in [0.25, 0.3) is 0 Å². The molecule has 0 aliphatic rings. The summed E-state index contributed by atoms with van der Waals surface area (Å²) in [6, 6.07) is 0. The summed E-state index contributed by atoms with van der Waals surface area (Å²) >= 11 is 2.62. The van der Waals surface area contributed by atoms with Crippen molar-refractivity contribution in [2.75, 3.05) is 11.5 Å². The predicted molar refractivity (Wildman–Crippen MR) is 52.1 cm³/mol. The largest absolute Gasteiger partial charge is 0.348 e. The first-order chi connectivity index (χ1) is 5.02. The Morgan fingerprint density at radius 3 is 1.82 bits per heavy atom. The van der Waals surface area contributed by atoms with Gasteiger partial charge in [0.1, 0.15) is 0 Å². The Morgan fingerprint density at radius 1 is 1.27 bits per heavy atom. The maximum Gasteiger partial charge on any atom is 0.348 e. The minimum atomic E-state index is -3.88. The molecule has 0 heterocycles. The normalized spacial score (nSPS) is 12.5. The van der Waals surface area contributed by atoms with Crippen LogP contribution < -0.4 is 0 Å². The molecule has 0 saturated heterocycles. The van der Waals surface area contributed by atoms with Crippen molar-refractivity contribution in [1.29, 1.82) is 0 Å². The average Bonchev–Trinajstić information content (AvgIpc) is 1.85. The van der Waals surface area contributed by atoms with E-state index in [-0.39, 0.29) is 0 Å². The third-order valence-corrected chi connectivity index (χ3v) is 6.04. The van der Waals surface area contributed by atoms with Crippen LogP contribution in [0.1, 0.15) is 13.8 Å². The number of thioether (sulfide) groups is 2. The zero-order chi connectivity index (χ0) is 8.91. The van der Waals surface area contributed by atoms with Gasteiger partial charge in [0.05, 0.1) is 0 Å². The number of hydrogen-bond acceptors (Lipinski definition) is 3. The van der Waals surface area contributed by atoms with Crippen molar-refractivity contribution in [1.82, 2.24) is 0 Å². The molecule has 0 amide bonds. The zero-order valence-corrected chi connectivity index (χ0v) is 9.09. The lowest BCUT2D eigenvalue weighted by Gasteiger charge is -2.15. The quantitative estimate of drug-likeness (QED) is 0.543. The highest BCUT2D eigenvalue weighted by Gasteiger charge is 2.28. The van der Waals surface area contributed by atoms with E-state index < -0.39 is 11.9 Å². The van der Waals surface area contributed by atoms with Gasteiger partial charge >= 0.3 is 7.60 Å². The van der Waals surface area contributed by atoms with Gasteiger partial charge in [-0.15, -0.1) is 23.5 Å². The van der Waals surface area contributed by atoms with Gasteiger partial charge in [0, 0.05) is 0 Å². The van der Waals surface area contributed by atoms with Gasteiger partial charge in [0.15, 0.2) is 4.32 Å². The second-order valence-electron chi connectivity index (χ2n) is 1.81. The molecule has 3 nitrogen and oxygen atoms in total. The van der Waals surface area contributed by atoms with Crippen molar-refractivity contribution in [3.63, 3.8) is 0 Å². The summed E-state index contributed by atoms with van der Waals surface area (Å²) in [5.41, 5.74) is 0. The fraction of sp³-hybridized carbons (Fsp3) is 1.00. The molecule has 0 fully saturated rings. The highest BCUT2D eigenvalue weighted by atomic mass is 32.2. The van der Waals surface area contributed by atoms with E-state index in [9.17, 15) is 4.57 Å². The monoisotopic (exact) mass is 216 g/mol. The van der Waals surface area contributed by atoms with Crippen LogP contribution in [-0.2, 0) is 4.57 Å². The molecule has 6 heteroatoms. The predicted octanol–water partition coefficient (Wildman–Crippen LogP) is 1.95. The molecule has 2 N–H and O–H groups in total. The molecule has 68 valence electrons. The summed E-state index contributed by atoms with van der Waals surface area (Å²) in [5, 5.41) is 0. The van der Waals surface area contributed by atoms with E-state index in [1.807, 2.05) is 13.8 Å². The summed E-state index contributed by atoms with van der Waals surface area (Å²) in [7, 11) is -3.88. The van der Waals surface area contributed by atoms with Crippen LogP contribution in [0.3, 0.4) is 0 Å². The molecular weight excluding hydrogens is 203 g/mol. The van der Waals surface area contributed by atoms with Gasteiger partial charge in [0.2, 0.25) is 0 Å². The summed E-state index contributed by atoms with van der Waals surface area (Å²) in [4.78, 5) is 17.6. The third-order valence-electron chi connectivity index (χ3n) is 0.893. The number of rotatable bonds is 5. The van der Waals surface area contributed by atoms with Crippen LogP contribution in [-0.4, -0.2) is 25.6 Å². The molecule has 0 radical (unpaired) electrons. The van der Waals surface area contributed by atoms with Gasteiger partial charge in [-0.25, -0.2) is 0 Å². The van der Waals surface area contributed by atoms with E-state index in [0.717, 1.165) is 11.5 Å². The molecule has 0 spiro atoms. The Hall–Kier alpha value is 0.850. The van der Waals surface area contributed by atoms with Crippen molar-refractivity contribution < 1.29 is 14.4 Å². The zero-order valence-electron chi connectivity index (χ0n) is 6.56. The molecule has 11 heavy (non-hydrogen) atoms. The summed E-state index contributed by atoms with van der Waals surface area (Å²) in [5.74, 6) is 1.48. The fourth-order valence-corrected chi connectivity index (χ4v) is 4.75. The molecule has 0 saturated carbocycles. The van der Waals surface area contributed by atoms with Crippen molar-refractivity contribution >= 4 is 31.1 Å².